The molecule has 2 aromatic carbocycles. The van der Waals surface area contributed by atoms with E-state index in [4.69, 9.17) is 34.2 Å². The van der Waals surface area contributed by atoms with Crippen LogP contribution in [0.3, 0.4) is 0 Å². The van der Waals surface area contributed by atoms with Crippen molar-refractivity contribution in [3.05, 3.63) is 69.8 Å². The molecule has 10 nitrogen and oxygen atoms in total. The molecule has 0 spiro atoms. The van der Waals surface area contributed by atoms with Gasteiger partial charge in [-0.3, -0.25) is 14.2 Å². The molecule has 13 heteroatoms. The molecule has 1 atom stereocenters. The molecule has 5 rings (SSSR count). The van der Waals surface area contributed by atoms with Gasteiger partial charge >= 0.3 is 0 Å². The van der Waals surface area contributed by atoms with Gasteiger partial charge in [0, 0.05) is 35.5 Å². The Bertz CT molecular complexity index is 1600. The van der Waals surface area contributed by atoms with Gasteiger partial charge in [-0.05, 0) is 55.7 Å². The molecule has 0 aliphatic carbocycles. The van der Waals surface area contributed by atoms with E-state index >= 15 is 0 Å². The van der Waals surface area contributed by atoms with Crippen LogP contribution in [0.1, 0.15) is 30.9 Å². The molecule has 1 saturated heterocycles. The van der Waals surface area contributed by atoms with E-state index in [0.717, 1.165) is 5.56 Å². The minimum atomic E-state index is -4.10. The predicted octanol–water partition coefficient (Wildman–Crippen LogP) is 3.58. The Hall–Kier alpha value is -3.43. The van der Waals surface area contributed by atoms with E-state index < -0.39 is 27.4 Å². The first-order valence-electron chi connectivity index (χ1n) is 12.1. The summed E-state index contributed by atoms with van der Waals surface area (Å²) in [4.78, 5) is 31.5. The highest BCUT2D eigenvalue weighted by atomic mass is 35.5. The van der Waals surface area contributed by atoms with Crippen molar-refractivity contribution in [1.29, 1.82) is 5.26 Å². The van der Waals surface area contributed by atoms with Crippen molar-refractivity contribution >= 4 is 56.7 Å². The third-order valence-electron chi connectivity index (χ3n) is 7.27. The molecule has 0 unspecified atom stereocenters. The number of aromatic nitrogens is 2. The Balaban J connectivity index is 1.62. The van der Waals surface area contributed by atoms with Gasteiger partial charge in [-0.2, -0.15) is 9.57 Å². The number of nitrogens with two attached hydrogens (primary N) is 1. The van der Waals surface area contributed by atoms with Crippen LogP contribution in [-0.4, -0.2) is 47.2 Å². The summed E-state index contributed by atoms with van der Waals surface area (Å²) in [6.07, 6.45) is 1.99. The standard InChI is InChI=1S/C26H24Cl2N6O4S/c1-26(13-16-2-4-17(14-29)5-3-16)24(36)33(21-11-19(27)10-20(28)12-21)25-31-15-22(34(25)26)39(37,38)32-8-6-18(7-9-32)23(30)35/h2-5,10-12,15,18H,6-9,13H2,1H3,(H2,30,35)/t26-/m1/s1. The molecule has 3 aromatic rings. The summed E-state index contributed by atoms with van der Waals surface area (Å²) < 4.78 is 30.6. The summed E-state index contributed by atoms with van der Waals surface area (Å²) in [5.74, 6) is -1.15. The fraction of sp³-hybridized carbons (Fsp3) is 0.308. The van der Waals surface area contributed by atoms with E-state index in [0.29, 0.717) is 34.1 Å². The summed E-state index contributed by atoms with van der Waals surface area (Å²) in [7, 11) is -4.10. The van der Waals surface area contributed by atoms with Crippen LogP contribution in [0.25, 0.3) is 0 Å². The van der Waals surface area contributed by atoms with Crippen molar-refractivity contribution < 1.29 is 18.0 Å². The summed E-state index contributed by atoms with van der Waals surface area (Å²) in [5.41, 5.74) is 5.55. The number of nitriles is 1. The van der Waals surface area contributed by atoms with E-state index in [9.17, 15) is 18.0 Å². The smallest absolute Gasteiger partial charge is 0.260 e. The van der Waals surface area contributed by atoms with Gasteiger partial charge in [-0.25, -0.2) is 18.3 Å². The second-order valence-electron chi connectivity index (χ2n) is 9.84. The number of nitrogens with zero attached hydrogens (tertiary/aromatic N) is 5. The van der Waals surface area contributed by atoms with Crippen molar-refractivity contribution in [1.82, 2.24) is 13.9 Å². The zero-order valence-corrected chi connectivity index (χ0v) is 23.2. The van der Waals surface area contributed by atoms with E-state index in [1.165, 1.54) is 26.0 Å². The number of carbonyl (C=O) groups excluding carboxylic acids is 2. The van der Waals surface area contributed by atoms with Gasteiger partial charge in [0.2, 0.25) is 11.9 Å². The molecular formula is C26H24Cl2N6O4S. The van der Waals surface area contributed by atoms with Gasteiger partial charge in [0.25, 0.3) is 15.9 Å². The highest BCUT2D eigenvalue weighted by Gasteiger charge is 2.52. The van der Waals surface area contributed by atoms with Crippen LogP contribution in [0, 0.1) is 17.2 Å². The van der Waals surface area contributed by atoms with Crippen LogP contribution >= 0.6 is 23.2 Å². The number of piperidine rings is 1. The maximum atomic E-state index is 14.1. The van der Waals surface area contributed by atoms with Crippen molar-refractivity contribution in [2.45, 2.75) is 36.8 Å². The van der Waals surface area contributed by atoms with Crippen molar-refractivity contribution in [2.24, 2.45) is 11.7 Å². The number of hydrogen-bond donors (Lipinski definition) is 1. The Morgan fingerprint density at radius 3 is 2.33 bits per heavy atom. The Labute approximate surface area is 235 Å². The van der Waals surface area contributed by atoms with Crippen LogP contribution in [-0.2, 0) is 31.6 Å². The lowest BCUT2D eigenvalue weighted by atomic mass is 9.91. The quantitative estimate of drug-likeness (QED) is 0.467. The van der Waals surface area contributed by atoms with E-state index in [1.54, 1.807) is 43.3 Å². The molecule has 2 amide bonds. The number of rotatable bonds is 6. The Morgan fingerprint density at radius 1 is 1.15 bits per heavy atom. The number of carbonyl (C=O) groups is 2. The second-order valence-corrected chi connectivity index (χ2v) is 12.6. The number of anilines is 2. The number of benzene rings is 2. The number of halogens is 2. The maximum absolute atomic E-state index is 14.1. The Kier molecular flexibility index (Phi) is 6.93. The fourth-order valence-corrected chi connectivity index (χ4v) is 7.39. The van der Waals surface area contributed by atoms with Crippen molar-refractivity contribution in [2.75, 3.05) is 18.0 Å². The molecule has 0 radical (unpaired) electrons. The maximum Gasteiger partial charge on any atom is 0.260 e. The summed E-state index contributed by atoms with van der Waals surface area (Å²) >= 11 is 12.5. The third kappa shape index (κ3) is 4.67. The average Bonchev–Trinajstić information content (AvgIpc) is 3.42. The van der Waals surface area contributed by atoms with Gasteiger partial charge in [0.15, 0.2) is 5.03 Å². The van der Waals surface area contributed by atoms with Crippen LogP contribution < -0.4 is 10.6 Å². The molecule has 202 valence electrons. The van der Waals surface area contributed by atoms with Crippen molar-refractivity contribution in [3.63, 3.8) is 0 Å². The van der Waals surface area contributed by atoms with Crippen LogP contribution in [0.5, 0.6) is 0 Å². The molecule has 1 aromatic heterocycles. The van der Waals surface area contributed by atoms with Gasteiger partial charge in [-0.1, -0.05) is 35.3 Å². The molecule has 0 saturated carbocycles. The lowest BCUT2D eigenvalue weighted by molar-refractivity contribution is -0.124. The summed E-state index contributed by atoms with van der Waals surface area (Å²) in [5, 5.41) is 9.63. The zero-order chi connectivity index (χ0) is 28.1. The zero-order valence-electron chi connectivity index (χ0n) is 20.8. The number of amides is 2. The van der Waals surface area contributed by atoms with Gasteiger partial charge in [0.1, 0.15) is 5.54 Å². The average molecular weight is 587 g/mol. The van der Waals surface area contributed by atoms with Crippen molar-refractivity contribution in [3.8, 4) is 6.07 Å². The SMILES string of the molecule is C[C@@]1(Cc2ccc(C#N)cc2)C(=O)N(c2cc(Cl)cc(Cl)c2)c2ncc(S(=O)(=O)N3CCC(C(N)=O)CC3)n21. The molecule has 2 aliphatic heterocycles. The largest absolute Gasteiger partial charge is 0.369 e. The first-order chi connectivity index (χ1) is 18.5. The summed E-state index contributed by atoms with van der Waals surface area (Å²) in [6.45, 7) is 1.89. The number of fused-ring (bicyclic) bond motifs is 1. The van der Waals surface area contributed by atoms with Gasteiger partial charge in [-0.15, -0.1) is 0 Å². The number of sulfonamides is 1. The lowest BCUT2D eigenvalue weighted by Gasteiger charge is -2.31. The minimum absolute atomic E-state index is 0.111. The normalized spacial score (nSPS) is 20.2. The molecule has 2 N–H and O–H groups in total. The lowest BCUT2D eigenvalue weighted by Crippen LogP contribution is -2.45. The molecule has 39 heavy (non-hydrogen) atoms. The van der Waals surface area contributed by atoms with Crippen LogP contribution in [0.2, 0.25) is 10.0 Å². The van der Waals surface area contributed by atoms with E-state index in [-0.39, 0.29) is 36.4 Å². The number of hydrogen-bond acceptors (Lipinski definition) is 6. The van der Waals surface area contributed by atoms with Crippen LogP contribution in [0.15, 0.2) is 53.7 Å². The first-order valence-corrected chi connectivity index (χ1v) is 14.3. The number of primary amides is 1. The topological polar surface area (TPSA) is 142 Å². The van der Waals surface area contributed by atoms with Gasteiger partial charge < -0.3 is 5.73 Å². The minimum Gasteiger partial charge on any atom is -0.369 e. The number of imidazole rings is 1. The summed E-state index contributed by atoms with van der Waals surface area (Å²) in [6, 6.07) is 13.4. The molecular weight excluding hydrogens is 563 g/mol. The van der Waals surface area contributed by atoms with Crippen LogP contribution in [0.4, 0.5) is 11.6 Å². The first kappa shape index (κ1) is 27.1. The highest BCUT2D eigenvalue weighted by Crippen LogP contribution is 2.45. The Morgan fingerprint density at radius 2 is 1.77 bits per heavy atom. The molecule has 1 fully saturated rings. The fourth-order valence-electron chi connectivity index (χ4n) is 5.22. The van der Waals surface area contributed by atoms with Gasteiger partial charge in [0.05, 0.1) is 23.5 Å². The monoisotopic (exact) mass is 586 g/mol. The molecule has 0 bridgehead atoms. The van der Waals surface area contributed by atoms with E-state index in [1.807, 2.05) is 0 Å². The molecule has 3 heterocycles. The highest BCUT2D eigenvalue weighted by molar-refractivity contribution is 7.89. The third-order valence-corrected chi connectivity index (χ3v) is 9.56. The molecule has 2 aliphatic rings. The van der Waals surface area contributed by atoms with E-state index in [2.05, 4.69) is 11.1 Å². The predicted molar refractivity (Wildman–Crippen MR) is 145 cm³/mol. The second kappa shape index (κ2) is 9.95.